The lowest BCUT2D eigenvalue weighted by molar-refractivity contribution is 0.888. The van der Waals surface area contributed by atoms with Crippen LogP contribution >= 0.6 is 23.4 Å². The third-order valence-corrected chi connectivity index (χ3v) is 2.80. The van der Waals surface area contributed by atoms with Gasteiger partial charge in [0.2, 0.25) is 0 Å². The first-order valence-electron chi connectivity index (χ1n) is 4.42. The summed E-state index contributed by atoms with van der Waals surface area (Å²) in [4.78, 5) is 8.46. The molecule has 0 amide bonds. The maximum atomic E-state index is 5.84. The average Bonchev–Trinajstić information content (AvgIpc) is 2.14. The Balaban J connectivity index is 2.76. The first kappa shape index (κ1) is 10.8. The molecule has 0 radical (unpaired) electrons. The van der Waals surface area contributed by atoms with Crippen LogP contribution in [0.15, 0.2) is 11.1 Å². The monoisotopic (exact) mass is 216 g/mol. The molecule has 0 fully saturated rings. The van der Waals surface area contributed by atoms with Crippen LogP contribution in [0.5, 0.6) is 0 Å². The van der Waals surface area contributed by atoms with Crippen LogP contribution in [0.1, 0.15) is 26.1 Å². The maximum absolute atomic E-state index is 5.84. The first-order valence-corrected chi connectivity index (χ1v) is 5.78. The van der Waals surface area contributed by atoms with Crippen LogP contribution in [0.4, 0.5) is 0 Å². The SMILES string of the molecule is CCCSc1cc(Cl)nc(CC)n1. The average molecular weight is 217 g/mol. The van der Waals surface area contributed by atoms with Crippen molar-refractivity contribution in [2.24, 2.45) is 0 Å². The van der Waals surface area contributed by atoms with Gasteiger partial charge in [0.25, 0.3) is 0 Å². The van der Waals surface area contributed by atoms with Gasteiger partial charge < -0.3 is 0 Å². The fourth-order valence-electron chi connectivity index (χ4n) is 0.881. The van der Waals surface area contributed by atoms with E-state index in [1.807, 2.05) is 13.0 Å². The summed E-state index contributed by atoms with van der Waals surface area (Å²) in [5.74, 6) is 1.90. The maximum Gasteiger partial charge on any atom is 0.133 e. The van der Waals surface area contributed by atoms with Gasteiger partial charge in [0.1, 0.15) is 16.0 Å². The van der Waals surface area contributed by atoms with E-state index < -0.39 is 0 Å². The van der Waals surface area contributed by atoms with Gasteiger partial charge in [-0.15, -0.1) is 11.8 Å². The van der Waals surface area contributed by atoms with E-state index in [0.717, 1.165) is 29.4 Å². The summed E-state index contributed by atoms with van der Waals surface area (Å²) in [7, 11) is 0. The number of aryl methyl sites for hydroxylation is 1. The predicted octanol–water partition coefficient (Wildman–Crippen LogP) is 3.19. The zero-order chi connectivity index (χ0) is 9.68. The number of nitrogens with zero attached hydrogens (tertiary/aromatic N) is 2. The van der Waals surface area contributed by atoms with Crippen molar-refractivity contribution < 1.29 is 0 Å². The van der Waals surface area contributed by atoms with E-state index in [1.54, 1.807) is 11.8 Å². The Hall–Kier alpha value is -0.280. The molecule has 0 spiro atoms. The Labute approximate surface area is 88.1 Å². The number of hydrogen-bond donors (Lipinski definition) is 0. The standard InChI is InChI=1S/C9H13ClN2S/c1-3-5-13-9-6-7(10)11-8(4-2)12-9/h6H,3-5H2,1-2H3. The number of aromatic nitrogens is 2. The Morgan fingerprint density at radius 2 is 2.15 bits per heavy atom. The molecule has 0 unspecified atom stereocenters. The van der Waals surface area contributed by atoms with E-state index in [4.69, 9.17) is 11.6 Å². The highest BCUT2D eigenvalue weighted by molar-refractivity contribution is 7.99. The second-order valence-corrected chi connectivity index (χ2v) is 4.15. The lowest BCUT2D eigenvalue weighted by Gasteiger charge is -2.01. The molecule has 72 valence electrons. The molecule has 0 aliphatic heterocycles. The van der Waals surface area contributed by atoms with Gasteiger partial charge in [-0.1, -0.05) is 25.4 Å². The number of thioether (sulfide) groups is 1. The molecule has 0 N–H and O–H groups in total. The van der Waals surface area contributed by atoms with Crippen molar-refractivity contribution in [1.82, 2.24) is 9.97 Å². The van der Waals surface area contributed by atoms with Crippen LogP contribution in [0.2, 0.25) is 5.15 Å². The summed E-state index contributed by atoms with van der Waals surface area (Å²) < 4.78 is 0. The van der Waals surface area contributed by atoms with Crippen molar-refractivity contribution >= 4 is 23.4 Å². The molecule has 0 atom stereocenters. The van der Waals surface area contributed by atoms with E-state index in [2.05, 4.69) is 16.9 Å². The van der Waals surface area contributed by atoms with Gasteiger partial charge in [0.15, 0.2) is 0 Å². The summed E-state index contributed by atoms with van der Waals surface area (Å²) in [6, 6.07) is 1.82. The lowest BCUT2D eigenvalue weighted by atomic mass is 10.4. The predicted molar refractivity (Wildman–Crippen MR) is 57.4 cm³/mol. The molecular weight excluding hydrogens is 204 g/mol. The van der Waals surface area contributed by atoms with Gasteiger partial charge in [-0.05, 0) is 12.2 Å². The molecule has 0 bridgehead atoms. The highest BCUT2D eigenvalue weighted by Gasteiger charge is 2.01. The number of rotatable bonds is 4. The number of halogens is 1. The minimum atomic E-state index is 0.547. The fourth-order valence-corrected chi connectivity index (χ4v) is 1.92. The molecule has 0 aliphatic rings. The Morgan fingerprint density at radius 3 is 2.77 bits per heavy atom. The van der Waals surface area contributed by atoms with E-state index in [0.29, 0.717) is 5.15 Å². The Kier molecular flexibility index (Phi) is 4.53. The number of hydrogen-bond acceptors (Lipinski definition) is 3. The molecule has 1 aromatic rings. The summed E-state index contributed by atoms with van der Waals surface area (Å²) in [6.07, 6.45) is 1.98. The third kappa shape index (κ3) is 3.53. The fraction of sp³-hybridized carbons (Fsp3) is 0.556. The molecule has 0 aliphatic carbocycles. The van der Waals surface area contributed by atoms with Crippen molar-refractivity contribution in [3.05, 3.63) is 17.0 Å². The molecule has 1 aromatic heterocycles. The zero-order valence-electron chi connectivity index (χ0n) is 7.88. The quantitative estimate of drug-likeness (QED) is 0.571. The molecule has 13 heavy (non-hydrogen) atoms. The highest BCUT2D eigenvalue weighted by atomic mass is 35.5. The van der Waals surface area contributed by atoms with Crippen LogP contribution in [-0.2, 0) is 6.42 Å². The van der Waals surface area contributed by atoms with E-state index >= 15 is 0 Å². The second kappa shape index (κ2) is 5.45. The van der Waals surface area contributed by atoms with Crippen molar-refractivity contribution in [1.29, 1.82) is 0 Å². The molecular formula is C9H13ClN2S. The normalized spacial score (nSPS) is 10.4. The molecule has 1 heterocycles. The van der Waals surface area contributed by atoms with E-state index in [1.165, 1.54) is 0 Å². The van der Waals surface area contributed by atoms with Gasteiger partial charge in [0, 0.05) is 12.5 Å². The molecule has 0 saturated heterocycles. The molecule has 1 rings (SSSR count). The largest absolute Gasteiger partial charge is 0.227 e. The molecule has 4 heteroatoms. The topological polar surface area (TPSA) is 25.8 Å². The van der Waals surface area contributed by atoms with Gasteiger partial charge in [-0.2, -0.15) is 0 Å². The Bertz CT molecular complexity index is 278. The molecule has 0 aromatic carbocycles. The van der Waals surface area contributed by atoms with E-state index in [-0.39, 0.29) is 0 Å². The van der Waals surface area contributed by atoms with Crippen LogP contribution in [0, 0.1) is 0 Å². The van der Waals surface area contributed by atoms with Crippen molar-refractivity contribution in [3.63, 3.8) is 0 Å². The summed E-state index contributed by atoms with van der Waals surface area (Å²) in [5.41, 5.74) is 0. The van der Waals surface area contributed by atoms with Gasteiger partial charge in [-0.3, -0.25) is 0 Å². The van der Waals surface area contributed by atoms with Crippen LogP contribution in [0.3, 0.4) is 0 Å². The van der Waals surface area contributed by atoms with Gasteiger partial charge in [-0.25, -0.2) is 9.97 Å². The Morgan fingerprint density at radius 1 is 1.38 bits per heavy atom. The van der Waals surface area contributed by atoms with E-state index in [9.17, 15) is 0 Å². The van der Waals surface area contributed by atoms with Crippen molar-refractivity contribution in [2.75, 3.05) is 5.75 Å². The highest BCUT2D eigenvalue weighted by Crippen LogP contribution is 2.19. The van der Waals surface area contributed by atoms with Crippen LogP contribution in [0.25, 0.3) is 0 Å². The second-order valence-electron chi connectivity index (χ2n) is 2.65. The lowest BCUT2D eigenvalue weighted by Crippen LogP contribution is -1.94. The summed E-state index contributed by atoms with van der Waals surface area (Å²) >= 11 is 7.57. The molecule has 2 nitrogen and oxygen atoms in total. The zero-order valence-corrected chi connectivity index (χ0v) is 9.45. The van der Waals surface area contributed by atoms with Crippen LogP contribution in [-0.4, -0.2) is 15.7 Å². The minimum absolute atomic E-state index is 0.547. The summed E-state index contributed by atoms with van der Waals surface area (Å²) in [5, 5.41) is 1.53. The molecule has 0 saturated carbocycles. The van der Waals surface area contributed by atoms with Gasteiger partial charge in [0.05, 0.1) is 0 Å². The van der Waals surface area contributed by atoms with Gasteiger partial charge >= 0.3 is 0 Å². The van der Waals surface area contributed by atoms with Crippen LogP contribution < -0.4 is 0 Å². The van der Waals surface area contributed by atoms with Crippen molar-refractivity contribution in [3.8, 4) is 0 Å². The third-order valence-electron chi connectivity index (χ3n) is 1.49. The smallest absolute Gasteiger partial charge is 0.133 e. The van der Waals surface area contributed by atoms with Crippen molar-refractivity contribution in [2.45, 2.75) is 31.7 Å². The minimum Gasteiger partial charge on any atom is -0.227 e. The first-order chi connectivity index (χ1) is 6.26. The summed E-state index contributed by atoms with van der Waals surface area (Å²) in [6.45, 7) is 4.18.